The van der Waals surface area contributed by atoms with Crippen LogP contribution in [0.5, 0.6) is 0 Å². The number of rotatable bonds is 7. The van der Waals surface area contributed by atoms with Crippen LogP contribution in [0.3, 0.4) is 0 Å². The van der Waals surface area contributed by atoms with E-state index in [9.17, 15) is 39.6 Å². The van der Waals surface area contributed by atoms with Gasteiger partial charge < -0.3 is 20.4 Å². The second-order valence-corrected chi connectivity index (χ2v) is 6.01. The van der Waals surface area contributed by atoms with E-state index >= 15 is 0 Å². The first kappa shape index (κ1) is 19.6. The van der Waals surface area contributed by atoms with Gasteiger partial charge in [-0.2, -0.15) is 0 Å². The molecule has 0 aliphatic rings. The van der Waals surface area contributed by atoms with Crippen molar-refractivity contribution in [2.24, 2.45) is 5.41 Å². The van der Waals surface area contributed by atoms with Crippen molar-refractivity contribution in [3.05, 3.63) is 60.2 Å². The molecule has 0 aliphatic carbocycles. The molecule has 0 bridgehead atoms. The van der Waals surface area contributed by atoms with E-state index < -0.39 is 34.7 Å². The van der Waals surface area contributed by atoms with Crippen LogP contribution in [-0.4, -0.2) is 44.3 Å². The second kappa shape index (κ2) is 6.91. The molecular weight excluding hydrogens is 356 g/mol. The maximum atomic E-state index is 12.2. The minimum Gasteiger partial charge on any atom is -0.481 e. The molecule has 0 radical (unpaired) electrons. The summed E-state index contributed by atoms with van der Waals surface area (Å²) < 4.78 is 0. The maximum absolute atomic E-state index is 12.2. The monoisotopic (exact) mass is 372 g/mol. The van der Waals surface area contributed by atoms with Gasteiger partial charge in [-0.1, -0.05) is 54.6 Å². The van der Waals surface area contributed by atoms with Crippen molar-refractivity contribution >= 4 is 23.9 Å². The minimum absolute atomic E-state index is 0.219. The summed E-state index contributed by atoms with van der Waals surface area (Å²) in [6.45, 7) is 0.799. The summed E-state index contributed by atoms with van der Waals surface area (Å²) in [6, 6.07) is 13.9. The smallest absolute Gasteiger partial charge is 0.334 e. The molecule has 0 heterocycles. The molecule has 1 unspecified atom stereocenters. The Morgan fingerprint density at radius 2 is 1.11 bits per heavy atom. The van der Waals surface area contributed by atoms with Gasteiger partial charge in [0.2, 0.25) is 0 Å². The zero-order valence-corrected chi connectivity index (χ0v) is 14.1. The van der Waals surface area contributed by atoms with Crippen LogP contribution in [0.2, 0.25) is 0 Å². The van der Waals surface area contributed by atoms with Crippen LogP contribution in [0.25, 0.3) is 11.1 Å². The maximum Gasteiger partial charge on any atom is 0.334 e. The third-order valence-corrected chi connectivity index (χ3v) is 4.69. The largest absolute Gasteiger partial charge is 0.481 e. The molecule has 2 rings (SSSR count). The van der Waals surface area contributed by atoms with Crippen LogP contribution < -0.4 is 0 Å². The van der Waals surface area contributed by atoms with Gasteiger partial charge in [-0.15, -0.1) is 0 Å². The lowest BCUT2D eigenvalue weighted by atomic mass is 9.59. The summed E-state index contributed by atoms with van der Waals surface area (Å²) in [5, 5.41) is 38.5. The highest BCUT2D eigenvalue weighted by molar-refractivity contribution is 6.21. The van der Waals surface area contributed by atoms with Crippen LogP contribution in [0.15, 0.2) is 54.6 Å². The van der Waals surface area contributed by atoms with Gasteiger partial charge in [0.15, 0.2) is 0 Å². The van der Waals surface area contributed by atoms with E-state index in [2.05, 4.69) is 0 Å². The molecular formula is C19H16O8. The molecule has 0 spiro atoms. The summed E-state index contributed by atoms with van der Waals surface area (Å²) in [4.78, 5) is 47.7. The van der Waals surface area contributed by atoms with Crippen molar-refractivity contribution in [3.8, 4) is 11.1 Å². The first-order valence-corrected chi connectivity index (χ1v) is 7.70. The van der Waals surface area contributed by atoms with Crippen LogP contribution in [0, 0.1) is 5.41 Å². The Kier molecular flexibility index (Phi) is 5.03. The molecule has 0 aromatic heterocycles. The van der Waals surface area contributed by atoms with Gasteiger partial charge in [0.05, 0.1) is 0 Å². The molecule has 0 saturated heterocycles. The first-order valence-electron chi connectivity index (χ1n) is 7.70. The molecule has 0 saturated carbocycles. The Hall–Kier alpha value is -3.68. The zero-order chi connectivity index (χ0) is 20.4. The molecule has 8 heteroatoms. The van der Waals surface area contributed by atoms with E-state index in [-0.39, 0.29) is 11.1 Å². The highest BCUT2D eigenvalue weighted by atomic mass is 16.4. The zero-order valence-electron chi connectivity index (χ0n) is 14.1. The predicted octanol–water partition coefficient (Wildman–Crippen LogP) is 1.94. The average molecular weight is 372 g/mol. The van der Waals surface area contributed by atoms with Crippen molar-refractivity contribution < 1.29 is 39.6 Å². The highest BCUT2D eigenvalue weighted by Crippen LogP contribution is 2.47. The standard InChI is InChI=1S/C19H16O8/c1-18(14(20)21,19(15(22)23,16(24)25)17(26)27)13-10-6-5-9-12(13)11-7-3-2-4-8-11/h2-10H,1H3,(H,20,21)(H,22,23)(H,24,25)(H,26,27). The molecule has 2 aromatic carbocycles. The fraction of sp³-hybridized carbons (Fsp3) is 0.158. The number of carboxylic acid groups (broad SMARTS) is 4. The molecule has 2 aromatic rings. The Labute approximate surface area is 153 Å². The third-order valence-electron chi connectivity index (χ3n) is 4.69. The van der Waals surface area contributed by atoms with Crippen molar-refractivity contribution in [1.82, 2.24) is 0 Å². The molecule has 0 aliphatic heterocycles. The molecule has 8 nitrogen and oxygen atoms in total. The number of benzene rings is 2. The van der Waals surface area contributed by atoms with E-state index in [4.69, 9.17) is 0 Å². The van der Waals surface area contributed by atoms with Crippen LogP contribution in [-0.2, 0) is 24.6 Å². The van der Waals surface area contributed by atoms with Gasteiger partial charge in [-0.05, 0) is 23.6 Å². The molecule has 4 N–H and O–H groups in total. The number of hydrogen-bond acceptors (Lipinski definition) is 4. The van der Waals surface area contributed by atoms with E-state index in [1.54, 1.807) is 36.4 Å². The predicted molar refractivity (Wildman–Crippen MR) is 92.2 cm³/mol. The second-order valence-electron chi connectivity index (χ2n) is 6.01. The lowest BCUT2D eigenvalue weighted by Gasteiger charge is -2.37. The summed E-state index contributed by atoms with van der Waals surface area (Å²) >= 11 is 0. The normalized spacial score (nSPS) is 13.4. The van der Waals surface area contributed by atoms with E-state index in [1.807, 2.05) is 0 Å². The summed E-state index contributed by atoms with van der Waals surface area (Å²) in [7, 11) is 0. The van der Waals surface area contributed by atoms with Gasteiger partial charge in [0.1, 0.15) is 5.41 Å². The van der Waals surface area contributed by atoms with Gasteiger partial charge in [-0.25, -0.2) is 0 Å². The minimum atomic E-state index is -3.65. The molecule has 0 amide bonds. The topological polar surface area (TPSA) is 149 Å². The van der Waals surface area contributed by atoms with E-state index in [0.29, 0.717) is 5.56 Å². The first-order chi connectivity index (χ1) is 12.6. The SMILES string of the molecule is CC(C(=O)O)(c1ccccc1-c1ccccc1)C(C(=O)O)(C(=O)O)C(=O)O. The average Bonchev–Trinajstić information content (AvgIpc) is 2.61. The Bertz CT molecular complexity index is 882. The van der Waals surface area contributed by atoms with Gasteiger partial charge in [0.25, 0.3) is 5.41 Å². The van der Waals surface area contributed by atoms with Gasteiger partial charge >= 0.3 is 23.9 Å². The lowest BCUT2D eigenvalue weighted by Crippen LogP contribution is -2.63. The third kappa shape index (κ3) is 2.71. The lowest BCUT2D eigenvalue weighted by molar-refractivity contribution is -0.187. The number of aliphatic carboxylic acids is 4. The molecule has 27 heavy (non-hydrogen) atoms. The summed E-state index contributed by atoms with van der Waals surface area (Å²) in [6.07, 6.45) is 0. The van der Waals surface area contributed by atoms with Crippen LogP contribution in [0.4, 0.5) is 0 Å². The Balaban J connectivity index is 2.98. The van der Waals surface area contributed by atoms with E-state index in [0.717, 1.165) is 6.92 Å². The number of carbonyl (C=O) groups is 4. The Morgan fingerprint density at radius 3 is 1.56 bits per heavy atom. The van der Waals surface area contributed by atoms with Crippen molar-refractivity contribution in [2.75, 3.05) is 0 Å². The van der Waals surface area contributed by atoms with Crippen molar-refractivity contribution in [1.29, 1.82) is 0 Å². The molecule has 1 atom stereocenters. The van der Waals surface area contributed by atoms with Gasteiger partial charge in [0, 0.05) is 0 Å². The van der Waals surface area contributed by atoms with E-state index in [1.165, 1.54) is 18.2 Å². The van der Waals surface area contributed by atoms with Crippen LogP contribution in [0.1, 0.15) is 12.5 Å². The van der Waals surface area contributed by atoms with Gasteiger partial charge in [-0.3, -0.25) is 19.2 Å². The molecule has 0 fully saturated rings. The van der Waals surface area contributed by atoms with Crippen molar-refractivity contribution in [3.63, 3.8) is 0 Å². The van der Waals surface area contributed by atoms with Crippen LogP contribution >= 0.6 is 0 Å². The van der Waals surface area contributed by atoms with Crippen molar-refractivity contribution in [2.45, 2.75) is 12.3 Å². The highest BCUT2D eigenvalue weighted by Gasteiger charge is 2.71. The number of carboxylic acids is 4. The number of hydrogen-bond donors (Lipinski definition) is 4. The summed E-state index contributed by atoms with van der Waals surface area (Å²) in [5.41, 5.74) is -6.00. The molecule has 140 valence electrons. The fourth-order valence-corrected chi connectivity index (χ4v) is 3.18. The summed E-state index contributed by atoms with van der Waals surface area (Å²) in [5.74, 6) is -8.74. The quantitative estimate of drug-likeness (QED) is 0.539. The Morgan fingerprint density at radius 1 is 0.667 bits per heavy atom. The fourth-order valence-electron chi connectivity index (χ4n) is 3.18.